The zero-order chi connectivity index (χ0) is 13.0. The van der Waals surface area contributed by atoms with Gasteiger partial charge in [0.1, 0.15) is 11.6 Å². The lowest BCUT2D eigenvalue weighted by atomic mass is 10.1. The third-order valence-electron chi connectivity index (χ3n) is 2.33. The van der Waals surface area contributed by atoms with E-state index in [0.29, 0.717) is 16.3 Å². The van der Waals surface area contributed by atoms with Crippen molar-refractivity contribution in [3.8, 4) is 5.75 Å². The second-order valence-corrected chi connectivity index (χ2v) is 4.11. The lowest BCUT2D eigenvalue weighted by molar-refractivity contribution is 0.0921. The molecule has 0 aliphatic carbocycles. The molecule has 0 aliphatic heterocycles. The van der Waals surface area contributed by atoms with Gasteiger partial charge in [0.25, 0.3) is 0 Å². The fourth-order valence-corrected chi connectivity index (χ4v) is 1.55. The van der Waals surface area contributed by atoms with Gasteiger partial charge < -0.3 is 4.74 Å². The summed E-state index contributed by atoms with van der Waals surface area (Å²) in [5.41, 5.74) is 0.295. The number of carbonyl (C=O) groups is 1. The molecule has 4 heteroatoms. The quantitative estimate of drug-likeness (QED) is 0.787. The number of ketones is 1. The summed E-state index contributed by atoms with van der Waals surface area (Å²) in [6, 6.07) is 12.2. The number of hydrogen-bond acceptors (Lipinski definition) is 2. The van der Waals surface area contributed by atoms with Crippen LogP contribution < -0.4 is 4.74 Å². The Morgan fingerprint density at radius 3 is 2.56 bits per heavy atom. The summed E-state index contributed by atoms with van der Waals surface area (Å²) < 4.78 is 18.2. The second-order valence-electron chi connectivity index (χ2n) is 3.68. The fraction of sp³-hybridized carbons (Fsp3) is 0.0714. The molecular weight excluding hydrogens is 255 g/mol. The molecular formula is C14H10ClFO2. The Hall–Kier alpha value is -1.87. The lowest BCUT2D eigenvalue weighted by Gasteiger charge is -2.05. The molecule has 0 aromatic heterocycles. The van der Waals surface area contributed by atoms with E-state index in [1.807, 2.05) is 0 Å². The molecule has 0 N–H and O–H groups in total. The predicted molar refractivity (Wildman–Crippen MR) is 67.7 cm³/mol. The summed E-state index contributed by atoms with van der Waals surface area (Å²) in [5.74, 6) is -0.166. The van der Waals surface area contributed by atoms with Crippen molar-refractivity contribution in [3.05, 3.63) is 64.9 Å². The van der Waals surface area contributed by atoms with Gasteiger partial charge in [-0.15, -0.1) is 0 Å². The molecule has 2 rings (SSSR count). The summed E-state index contributed by atoms with van der Waals surface area (Å²) in [6.45, 7) is -0.134. The number of Topliss-reactive ketones (excluding diaryl/α,β-unsaturated/α-hetero) is 1. The van der Waals surface area contributed by atoms with Crippen LogP contribution in [0.25, 0.3) is 0 Å². The minimum Gasteiger partial charge on any atom is -0.485 e. The Kier molecular flexibility index (Phi) is 3.95. The van der Waals surface area contributed by atoms with Gasteiger partial charge in [-0.3, -0.25) is 4.79 Å². The molecule has 2 nitrogen and oxygen atoms in total. The Morgan fingerprint density at radius 1 is 1.17 bits per heavy atom. The molecule has 92 valence electrons. The highest BCUT2D eigenvalue weighted by atomic mass is 35.5. The zero-order valence-electron chi connectivity index (χ0n) is 9.40. The van der Waals surface area contributed by atoms with E-state index in [0.717, 1.165) is 0 Å². The SMILES string of the molecule is O=C(COc1ccc(Cl)cc1)c1cccc(F)c1. The first-order chi connectivity index (χ1) is 8.65. The summed E-state index contributed by atoms with van der Waals surface area (Å²) in [6.07, 6.45) is 0. The van der Waals surface area contributed by atoms with Crippen LogP contribution in [0, 0.1) is 5.82 Å². The highest BCUT2D eigenvalue weighted by molar-refractivity contribution is 6.30. The highest BCUT2D eigenvalue weighted by Gasteiger charge is 2.07. The molecule has 0 radical (unpaired) electrons. The summed E-state index contributed by atoms with van der Waals surface area (Å²) in [5, 5.41) is 0.596. The molecule has 2 aromatic rings. The van der Waals surface area contributed by atoms with Crippen molar-refractivity contribution in [2.45, 2.75) is 0 Å². The molecule has 0 bridgehead atoms. The molecule has 2 aromatic carbocycles. The normalized spacial score (nSPS) is 10.1. The predicted octanol–water partition coefficient (Wildman–Crippen LogP) is 3.74. The van der Waals surface area contributed by atoms with E-state index in [1.165, 1.54) is 18.2 Å². The summed E-state index contributed by atoms with van der Waals surface area (Å²) in [7, 11) is 0. The summed E-state index contributed by atoms with van der Waals surface area (Å²) >= 11 is 5.72. The molecule has 0 unspecified atom stereocenters. The molecule has 18 heavy (non-hydrogen) atoms. The Morgan fingerprint density at radius 2 is 1.89 bits per heavy atom. The third kappa shape index (κ3) is 3.31. The van der Waals surface area contributed by atoms with E-state index in [4.69, 9.17) is 16.3 Å². The van der Waals surface area contributed by atoms with Gasteiger partial charge in [-0.25, -0.2) is 4.39 Å². The maximum atomic E-state index is 12.9. The van der Waals surface area contributed by atoms with E-state index in [9.17, 15) is 9.18 Å². The number of rotatable bonds is 4. The molecule has 0 saturated heterocycles. The maximum Gasteiger partial charge on any atom is 0.200 e. The highest BCUT2D eigenvalue weighted by Crippen LogP contribution is 2.15. The van der Waals surface area contributed by atoms with Crippen molar-refractivity contribution in [2.75, 3.05) is 6.61 Å². The number of hydrogen-bond donors (Lipinski definition) is 0. The number of halogens is 2. The Balaban J connectivity index is 1.98. The van der Waals surface area contributed by atoms with Crippen LogP contribution >= 0.6 is 11.6 Å². The summed E-state index contributed by atoms with van der Waals surface area (Å²) in [4.78, 5) is 11.7. The van der Waals surface area contributed by atoms with Crippen molar-refractivity contribution in [3.63, 3.8) is 0 Å². The van der Waals surface area contributed by atoms with Crippen LogP contribution in [0.4, 0.5) is 4.39 Å². The van der Waals surface area contributed by atoms with Crippen molar-refractivity contribution in [2.24, 2.45) is 0 Å². The van der Waals surface area contributed by atoms with Crippen molar-refractivity contribution in [1.29, 1.82) is 0 Å². The van der Waals surface area contributed by atoms with Crippen LogP contribution in [0.15, 0.2) is 48.5 Å². The van der Waals surface area contributed by atoms with E-state index in [-0.39, 0.29) is 12.4 Å². The molecule has 0 atom stereocenters. The van der Waals surface area contributed by atoms with Gasteiger partial charge in [0.05, 0.1) is 0 Å². The van der Waals surface area contributed by atoms with Crippen LogP contribution in [0.3, 0.4) is 0 Å². The van der Waals surface area contributed by atoms with Gasteiger partial charge in [0.15, 0.2) is 12.4 Å². The molecule has 0 fully saturated rings. The van der Waals surface area contributed by atoms with Crippen molar-refractivity contribution >= 4 is 17.4 Å². The number of benzene rings is 2. The lowest BCUT2D eigenvalue weighted by Crippen LogP contribution is -2.11. The van der Waals surface area contributed by atoms with Crippen LogP contribution in [0.2, 0.25) is 5.02 Å². The average molecular weight is 265 g/mol. The average Bonchev–Trinajstić information content (AvgIpc) is 2.38. The zero-order valence-corrected chi connectivity index (χ0v) is 10.2. The minimum atomic E-state index is -0.438. The van der Waals surface area contributed by atoms with Gasteiger partial charge in [0, 0.05) is 10.6 Å². The van der Waals surface area contributed by atoms with E-state index in [1.54, 1.807) is 30.3 Å². The van der Waals surface area contributed by atoms with Gasteiger partial charge in [-0.2, -0.15) is 0 Å². The third-order valence-corrected chi connectivity index (χ3v) is 2.58. The first kappa shape index (κ1) is 12.6. The van der Waals surface area contributed by atoms with Crippen LogP contribution in [-0.4, -0.2) is 12.4 Å². The standard InChI is InChI=1S/C14H10ClFO2/c15-11-4-6-13(7-5-11)18-9-14(17)10-2-1-3-12(16)8-10/h1-8H,9H2. The van der Waals surface area contributed by atoms with E-state index in [2.05, 4.69) is 0 Å². The largest absolute Gasteiger partial charge is 0.485 e. The molecule has 0 heterocycles. The number of ether oxygens (including phenoxy) is 1. The fourth-order valence-electron chi connectivity index (χ4n) is 1.42. The van der Waals surface area contributed by atoms with Crippen molar-refractivity contribution in [1.82, 2.24) is 0 Å². The smallest absolute Gasteiger partial charge is 0.200 e. The maximum absolute atomic E-state index is 12.9. The van der Waals surface area contributed by atoms with Gasteiger partial charge in [0.2, 0.25) is 0 Å². The minimum absolute atomic E-state index is 0.134. The molecule has 0 saturated carbocycles. The van der Waals surface area contributed by atoms with Crippen molar-refractivity contribution < 1.29 is 13.9 Å². The molecule has 0 spiro atoms. The molecule has 0 aliphatic rings. The van der Waals surface area contributed by atoms with Crippen LogP contribution in [-0.2, 0) is 0 Å². The van der Waals surface area contributed by atoms with Gasteiger partial charge in [-0.1, -0.05) is 23.7 Å². The first-order valence-electron chi connectivity index (χ1n) is 5.32. The van der Waals surface area contributed by atoms with Crippen LogP contribution in [0.1, 0.15) is 10.4 Å². The second kappa shape index (κ2) is 5.65. The van der Waals surface area contributed by atoms with Gasteiger partial charge in [-0.05, 0) is 36.4 Å². The topological polar surface area (TPSA) is 26.3 Å². The number of carbonyl (C=O) groups excluding carboxylic acids is 1. The van der Waals surface area contributed by atoms with Gasteiger partial charge >= 0.3 is 0 Å². The molecule has 0 amide bonds. The van der Waals surface area contributed by atoms with E-state index < -0.39 is 5.82 Å². The Bertz CT molecular complexity index is 552. The monoisotopic (exact) mass is 264 g/mol. The first-order valence-corrected chi connectivity index (χ1v) is 5.70. The van der Waals surface area contributed by atoms with Crippen LogP contribution in [0.5, 0.6) is 5.75 Å². The van der Waals surface area contributed by atoms with E-state index >= 15 is 0 Å². The Labute approximate surface area is 109 Å².